The molecule has 0 spiro atoms. The standard InChI is InChI=1S/C11H13NO/c1-8-2-4-9(5-3-8)10-6-11(10)12-7-13/h2-5,7,10-11H,6H2,1H3,(H,12,13)/t10-,11-/m1/s1. The summed E-state index contributed by atoms with van der Waals surface area (Å²) in [6, 6.07) is 8.90. The Morgan fingerprint density at radius 3 is 2.69 bits per heavy atom. The van der Waals surface area contributed by atoms with Gasteiger partial charge in [0.05, 0.1) is 0 Å². The van der Waals surface area contributed by atoms with Gasteiger partial charge in [0.25, 0.3) is 0 Å². The average Bonchev–Trinajstić information content (AvgIpc) is 2.86. The van der Waals surface area contributed by atoms with Gasteiger partial charge in [-0.2, -0.15) is 0 Å². The smallest absolute Gasteiger partial charge is 0.207 e. The summed E-state index contributed by atoms with van der Waals surface area (Å²) in [4.78, 5) is 10.2. The first-order valence-electron chi connectivity index (χ1n) is 4.57. The maximum Gasteiger partial charge on any atom is 0.207 e. The summed E-state index contributed by atoms with van der Waals surface area (Å²) in [5, 5.41) is 2.80. The molecule has 2 atom stereocenters. The largest absolute Gasteiger partial charge is 0.355 e. The van der Waals surface area contributed by atoms with Gasteiger partial charge in [0.15, 0.2) is 0 Å². The molecule has 2 nitrogen and oxygen atoms in total. The van der Waals surface area contributed by atoms with Crippen LogP contribution in [-0.2, 0) is 4.79 Å². The molecule has 0 aromatic heterocycles. The van der Waals surface area contributed by atoms with E-state index < -0.39 is 0 Å². The molecule has 13 heavy (non-hydrogen) atoms. The van der Waals surface area contributed by atoms with Crippen molar-refractivity contribution >= 4 is 6.41 Å². The first-order valence-corrected chi connectivity index (χ1v) is 4.57. The van der Waals surface area contributed by atoms with E-state index >= 15 is 0 Å². The van der Waals surface area contributed by atoms with Gasteiger partial charge in [0, 0.05) is 12.0 Å². The van der Waals surface area contributed by atoms with Gasteiger partial charge in [-0.25, -0.2) is 0 Å². The number of carbonyl (C=O) groups excluding carboxylic acids is 1. The van der Waals surface area contributed by atoms with Gasteiger partial charge in [0.1, 0.15) is 0 Å². The summed E-state index contributed by atoms with van der Waals surface area (Å²) in [6.07, 6.45) is 1.88. The molecule has 0 bridgehead atoms. The van der Waals surface area contributed by atoms with Crippen LogP contribution in [0.5, 0.6) is 0 Å². The molecule has 0 heterocycles. The van der Waals surface area contributed by atoms with Crippen molar-refractivity contribution < 1.29 is 4.79 Å². The van der Waals surface area contributed by atoms with E-state index in [1.165, 1.54) is 11.1 Å². The average molecular weight is 175 g/mol. The third kappa shape index (κ3) is 1.72. The molecule has 1 aliphatic carbocycles. The van der Waals surface area contributed by atoms with Crippen molar-refractivity contribution in [3.8, 4) is 0 Å². The Hall–Kier alpha value is -1.31. The van der Waals surface area contributed by atoms with Crippen LogP contribution in [0.15, 0.2) is 24.3 Å². The van der Waals surface area contributed by atoms with Crippen LogP contribution in [-0.4, -0.2) is 12.5 Å². The molecule has 68 valence electrons. The van der Waals surface area contributed by atoms with Gasteiger partial charge in [-0.15, -0.1) is 0 Å². The van der Waals surface area contributed by atoms with Crippen LogP contribution in [0.25, 0.3) is 0 Å². The number of hydrogen-bond acceptors (Lipinski definition) is 1. The molecule has 1 aromatic rings. The molecule has 2 rings (SSSR count). The van der Waals surface area contributed by atoms with E-state index in [9.17, 15) is 4.79 Å². The highest BCUT2D eigenvalue weighted by atomic mass is 16.1. The number of nitrogens with one attached hydrogen (secondary N) is 1. The molecule has 1 aromatic carbocycles. The van der Waals surface area contributed by atoms with Crippen LogP contribution in [0.2, 0.25) is 0 Å². The van der Waals surface area contributed by atoms with Crippen LogP contribution >= 0.6 is 0 Å². The monoisotopic (exact) mass is 175 g/mol. The molecule has 1 amide bonds. The van der Waals surface area contributed by atoms with E-state index in [0.717, 1.165) is 12.8 Å². The lowest BCUT2D eigenvalue weighted by Crippen LogP contribution is -2.14. The molecule has 1 saturated carbocycles. The summed E-state index contributed by atoms with van der Waals surface area (Å²) in [7, 11) is 0. The Morgan fingerprint density at radius 1 is 1.38 bits per heavy atom. The second-order valence-electron chi connectivity index (χ2n) is 3.64. The normalized spacial score (nSPS) is 25.3. The summed E-state index contributed by atoms with van der Waals surface area (Å²) in [6.45, 7) is 2.08. The lowest BCUT2D eigenvalue weighted by atomic mass is 10.1. The Labute approximate surface area is 78.0 Å². The summed E-state index contributed by atoms with van der Waals surface area (Å²) < 4.78 is 0. The number of hydrogen-bond donors (Lipinski definition) is 1. The maximum absolute atomic E-state index is 10.2. The fourth-order valence-electron chi connectivity index (χ4n) is 1.65. The van der Waals surface area contributed by atoms with Crippen LogP contribution in [0.3, 0.4) is 0 Å². The Morgan fingerprint density at radius 2 is 2.08 bits per heavy atom. The second kappa shape index (κ2) is 3.21. The van der Waals surface area contributed by atoms with Crippen molar-refractivity contribution in [1.82, 2.24) is 5.32 Å². The van der Waals surface area contributed by atoms with E-state index in [1.807, 2.05) is 0 Å². The fraction of sp³-hybridized carbons (Fsp3) is 0.364. The third-order valence-electron chi connectivity index (χ3n) is 2.58. The van der Waals surface area contributed by atoms with Crippen molar-refractivity contribution in [3.05, 3.63) is 35.4 Å². The molecule has 1 fully saturated rings. The van der Waals surface area contributed by atoms with Crippen LogP contribution in [0.1, 0.15) is 23.5 Å². The molecule has 0 unspecified atom stereocenters. The minimum Gasteiger partial charge on any atom is -0.355 e. The Balaban J connectivity index is 2.03. The molecule has 0 radical (unpaired) electrons. The number of benzene rings is 1. The molecule has 0 saturated heterocycles. The molecule has 0 aliphatic heterocycles. The number of carbonyl (C=O) groups is 1. The summed E-state index contributed by atoms with van der Waals surface area (Å²) >= 11 is 0. The van der Waals surface area contributed by atoms with Gasteiger partial charge < -0.3 is 5.32 Å². The Bertz CT molecular complexity index is 304. The topological polar surface area (TPSA) is 29.1 Å². The lowest BCUT2D eigenvalue weighted by Gasteiger charge is -1.99. The van der Waals surface area contributed by atoms with Gasteiger partial charge in [-0.3, -0.25) is 4.79 Å². The van der Waals surface area contributed by atoms with E-state index in [1.54, 1.807) is 0 Å². The first kappa shape index (κ1) is 8.30. The predicted octanol–water partition coefficient (Wildman–Crippen LogP) is 1.60. The van der Waals surface area contributed by atoms with Gasteiger partial charge in [-0.1, -0.05) is 29.8 Å². The fourth-order valence-corrected chi connectivity index (χ4v) is 1.65. The summed E-state index contributed by atoms with van der Waals surface area (Å²) in [5.41, 5.74) is 2.62. The molecule has 1 N–H and O–H groups in total. The SMILES string of the molecule is Cc1ccc([C@H]2C[C@H]2NC=O)cc1. The van der Waals surface area contributed by atoms with Gasteiger partial charge >= 0.3 is 0 Å². The molecule has 2 heteroatoms. The lowest BCUT2D eigenvalue weighted by molar-refractivity contribution is -0.109. The van der Waals surface area contributed by atoms with E-state index in [-0.39, 0.29) is 0 Å². The number of aryl methyl sites for hydroxylation is 1. The van der Waals surface area contributed by atoms with Crippen LogP contribution in [0.4, 0.5) is 0 Å². The highest BCUT2D eigenvalue weighted by Gasteiger charge is 2.37. The van der Waals surface area contributed by atoms with E-state index in [0.29, 0.717) is 12.0 Å². The first-order chi connectivity index (χ1) is 6.31. The molecule has 1 aliphatic rings. The number of amides is 1. The van der Waals surface area contributed by atoms with Crippen molar-refractivity contribution in [2.24, 2.45) is 0 Å². The Kier molecular flexibility index (Phi) is 2.05. The van der Waals surface area contributed by atoms with Gasteiger partial charge in [0.2, 0.25) is 6.41 Å². The van der Waals surface area contributed by atoms with Crippen LogP contribution < -0.4 is 5.32 Å². The zero-order valence-electron chi connectivity index (χ0n) is 7.66. The van der Waals surface area contributed by atoms with Crippen molar-refractivity contribution in [3.63, 3.8) is 0 Å². The van der Waals surface area contributed by atoms with Gasteiger partial charge in [-0.05, 0) is 18.9 Å². The molecular weight excluding hydrogens is 162 g/mol. The second-order valence-corrected chi connectivity index (χ2v) is 3.64. The van der Waals surface area contributed by atoms with Crippen molar-refractivity contribution in [1.29, 1.82) is 0 Å². The minimum atomic E-state index is 0.375. The minimum absolute atomic E-state index is 0.375. The zero-order valence-corrected chi connectivity index (χ0v) is 7.66. The predicted molar refractivity (Wildman–Crippen MR) is 51.5 cm³/mol. The van der Waals surface area contributed by atoms with Crippen molar-refractivity contribution in [2.45, 2.75) is 25.3 Å². The number of rotatable bonds is 3. The van der Waals surface area contributed by atoms with Crippen LogP contribution in [0, 0.1) is 6.92 Å². The quantitative estimate of drug-likeness (QED) is 0.694. The molecular formula is C11H13NO. The highest BCUT2D eigenvalue weighted by Crippen LogP contribution is 2.40. The summed E-state index contributed by atoms with van der Waals surface area (Å²) in [5.74, 6) is 0.547. The van der Waals surface area contributed by atoms with E-state index in [2.05, 4.69) is 36.5 Å². The van der Waals surface area contributed by atoms with E-state index in [4.69, 9.17) is 0 Å². The third-order valence-corrected chi connectivity index (χ3v) is 2.58. The highest BCUT2D eigenvalue weighted by molar-refractivity contribution is 5.49. The zero-order chi connectivity index (χ0) is 9.26. The van der Waals surface area contributed by atoms with Crippen molar-refractivity contribution in [2.75, 3.05) is 0 Å². The maximum atomic E-state index is 10.2.